The molecule has 2 fully saturated rings. The lowest BCUT2D eigenvalue weighted by Crippen LogP contribution is -2.43. The minimum Gasteiger partial charge on any atom is -0.356 e. The highest BCUT2D eigenvalue weighted by molar-refractivity contribution is 7.89. The summed E-state index contributed by atoms with van der Waals surface area (Å²) in [6, 6.07) is 8.57. The highest BCUT2D eigenvalue weighted by Gasteiger charge is 2.33. The Morgan fingerprint density at radius 3 is 2.46 bits per heavy atom. The molecule has 1 saturated carbocycles. The van der Waals surface area contributed by atoms with Gasteiger partial charge in [0.1, 0.15) is 0 Å². The summed E-state index contributed by atoms with van der Waals surface area (Å²) < 4.78 is 26.9. The molecule has 0 unspecified atom stereocenters. The van der Waals surface area contributed by atoms with Crippen molar-refractivity contribution in [2.24, 2.45) is 23.5 Å². The second kappa shape index (κ2) is 8.50. The molecule has 1 aromatic carbocycles. The average Bonchev–Trinajstić information content (AvgIpc) is 3.16. The van der Waals surface area contributed by atoms with Crippen molar-refractivity contribution >= 4 is 15.9 Å². The van der Waals surface area contributed by atoms with Crippen molar-refractivity contribution in [2.75, 3.05) is 26.2 Å². The van der Waals surface area contributed by atoms with Gasteiger partial charge in [-0.1, -0.05) is 24.6 Å². The van der Waals surface area contributed by atoms with Crippen LogP contribution in [-0.2, 0) is 14.8 Å². The third-order valence-corrected chi connectivity index (χ3v) is 7.73. The van der Waals surface area contributed by atoms with E-state index in [9.17, 15) is 13.2 Å². The first-order valence-corrected chi connectivity index (χ1v) is 11.0. The lowest BCUT2D eigenvalue weighted by atomic mass is 9.94. The zero-order chi connectivity index (χ0) is 18.6. The van der Waals surface area contributed by atoms with Gasteiger partial charge in [0.2, 0.25) is 15.9 Å². The minimum absolute atomic E-state index is 0.0542. The van der Waals surface area contributed by atoms with Gasteiger partial charge in [0.25, 0.3) is 0 Å². The van der Waals surface area contributed by atoms with Crippen molar-refractivity contribution < 1.29 is 13.2 Å². The van der Waals surface area contributed by atoms with Gasteiger partial charge in [0, 0.05) is 25.6 Å². The minimum atomic E-state index is -3.41. The summed E-state index contributed by atoms with van der Waals surface area (Å²) in [6.07, 6.45) is 4.61. The Balaban J connectivity index is 1.48. The maximum absolute atomic E-state index is 12.6. The van der Waals surface area contributed by atoms with Crippen molar-refractivity contribution in [3.8, 4) is 0 Å². The average molecular weight is 380 g/mol. The van der Waals surface area contributed by atoms with Gasteiger partial charge in [-0.15, -0.1) is 0 Å². The fourth-order valence-corrected chi connectivity index (χ4v) is 5.63. The van der Waals surface area contributed by atoms with E-state index >= 15 is 0 Å². The lowest BCUT2D eigenvalue weighted by Gasteiger charge is -2.31. The molecule has 2 aliphatic rings. The van der Waals surface area contributed by atoms with Crippen LogP contribution in [0.5, 0.6) is 0 Å². The van der Waals surface area contributed by atoms with E-state index in [1.807, 2.05) is 6.07 Å². The summed E-state index contributed by atoms with van der Waals surface area (Å²) in [5.41, 5.74) is 5.76. The van der Waals surface area contributed by atoms with Gasteiger partial charge in [-0.25, -0.2) is 8.42 Å². The van der Waals surface area contributed by atoms with Crippen LogP contribution in [-0.4, -0.2) is 44.8 Å². The predicted molar refractivity (Wildman–Crippen MR) is 101 cm³/mol. The van der Waals surface area contributed by atoms with Gasteiger partial charge in [-0.3, -0.25) is 4.79 Å². The Hall–Kier alpha value is -1.44. The smallest absolute Gasteiger partial charge is 0.243 e. The maximum atomic E-state index is 12.6. The zero-order valence-electron chi connectivity index (χ0n) is 15.1. The number of hydrogen-bond donors (Lipinski definition) is 2. The maximum Gasteiger partial charge on any atom is 0.243 e. The monoisotopic (exact) mass is 379 g/mol. The number of amides is 1. The van der Waals surface area contributed by atoms with E-state index in [1.54, 1.807) is 28.6 Å². The molecule has 0 bridgehead atoms. The van der Waals surface area contributed by atoms with Crippen molar-refractivity contribution in [3.05, 3.63) is 30.3 Å². The fraction of sp³-hybridized carbons (Fsp3) is 0.632. The number of nitrogens with one attached hydrogen (secondary N) is 1. The molecule has 0 spiro atoms. The Bertz CT molecular complexity index is 700. The van der Waals surface area contributed by atoms with Crippen LogP contribution in [0.2, 0.25) is 0 Å². The predicted octanol–water partition coefficient (Wildman–Crippen LogP) is 1.58. The second-order valence-electron chi connectivity index (χ2n) is 7.44. The molecule has 0 radical (unpaired) electrons. The Morgan fingerprint density at radius 2 is 1.81 bits per heavy atom. The summed E-state index contributed by atoms with van der Waals surface area (Å²) in [6.45, 7) is 2.22. The zero-order valence-corrected chi connectivity index (χ0v) is 16.0. The quantitative estimate of drug-likeness (QED) is 0.785. The number of nitrogens with two attached hydrogens (primary N) is 1. The number of nitrogens with zero attached hydrogens (tertiary/aromatic N) is 1. The van der Waals surface area contributed by atoms with E-state index in [4.69, 9.17) is 5.73 Å². The van der Waals surface area contributed by atoms with Crippen molar-refractivity contribution in [3.63, 3.8) is 0 Å². The number of carbonyl (C=O) groups is 1. The highest BCUT2D eigenvalue weighted by Crippen LogP contribution is 2.31. The first-order valence-electron chi connectivity index (χ1n) is 9.55. The van der Waals surface area contributed by atoms with E-state index in [-0.39, 0.29) is 11.8 Å². The highest BCUT2D eigenvalue weighted by atomic mass is 32.2. The topological polar surface area (TPSA) is 92.5 Å². The number of piperidine rings is 1. The summed E-state index contributed by atoms with van der Waals surface area (Å²) in [5, 5.41) is 3.08. The van der Waals surface area contributed by atoms with Crippen LogP contribution >= 0.6 is 0 Å². The van der Waals surface area contributed by atoms with E-state index in [0.717, 1.165) is 32.1 Å². The molecule has 1 aromatic rings. The third kappa shape index (κ3) is 4.27. The molecule has 7 heteroatoms. The molecule has 2 atom stereocenters. The number of hydrogen-bond acceptors (Lipinski definition) is 4. The normalized spacial score (nSPS) is 25.3. The van der Waals surface area contributed by atoms with Gasteiger partial charge in [-0.2, -0.15) is 4.31 Å². The van der Waals surface area contributed by atoms with Crippen LogP contribution in [0, 0.1) is 17.8 Å². The van der Waals surface area contributed by atoms with Crippen LogP contribution in [0.15, 0.2) is 35.2 Å². The lowest BCUT2D eigenvalue weighted by molar-refractivity contribution is -0.126. The molecular formula is C19H29N3O3S. The molecule has 1 heterocycles. The van der Waals surface area contributed by atoms with Crippen LogP contribution in [0.1, 0.15) is 32.1 Å². The first kappa shape index (κ1) is 19.3. The second-order valence-corrected chi connectivity index (χ2v) is 9.38. The van der Waals surface area contributed by atoms with Crippen molar-refractivity contribution in [1.82, 2.24) is 9.62 Å². The SMILES string of the molecule is NC[C@H]1CCC[C@H]1C(=O)NCC1CCN(S(=O)(=O)c2ccccc2)CC1. The van der Waals surface area contributed by atoms with Crippen LogP contribution in [0.3, 0.4) is 0 Å². The number of benzene rings is 1. The van der Waals surface area contributed by atoms with Gasteiger partial charge >= 0.3 is 0 Å². The molecule has 1 aliphatic heterocycles. The Morgan fingerprint density at radius 1 is 1.12 bits per heavy atom. The van der Waals surface area contributed by atoms with Crippen molar-refractivity contribution in [1.29, 1.82) is 0 Å². The summed E-state index contributed by atoms with van der Waals surface area (Å²) in [7, 11) is -3.41. The summed E-state index contributed by atoms with van der Waals surface area (Å²) in [4.78, 5) is 12.7. The van der Waals surface area contributed by atoms with Gasteiger partial charge in [-0.05, 0) is 56.2 Å². The van der Waals surface area contributed by atoms with E-state index in [0.29, 0.717) is 42.9 Å². The molecule has 3 N–H and O–H groups in total. The van der Waals surface area contributed by atoms with E-state index in [1.165, 1.54) is 0 Å². The molecular weight excluding hydrogens is 350 g/mol. The first-order chi connectivity index (χ1) is 12.5. The largest absolute Gasteiger partial charge is 0.356 e. The number of rotatable bonds is 6. The van der Waals surface area contributed by atoms with Crippen LogP contribution in [0.4, 0.5) is 0 Å². The Labute approximate surface area is 156 Å². The molecule has 6 nitrogen and oxygen atoms in total. The molecule has 0 aromatic heterocycles. The molecule has 144 valence electrons. The molecule has 26 heavy (non-hydrogen) atoms. The summed E-state index contributed by atoms with van der Waals surface area (Å²) in [5.74, 6) is 0.822. The van der Waals surface area contributed by atoms with Gasteiger partial charge in [0.15, 0.2) is 0 Å². The third-order valence-electron chi connectivity index (χ3n) is 5.82. The number of carbonyl (C=O) groups excluding carboxylic acids is 1. The van der Waals surface area contributed by atoms with Crippen molar-refractivity contribution in [2.45, 2.75) is 37.0 Å². The van der Waals surface area contributed by atoms with Crippen LogP contribution < -0.4 is 11.1 Å². The molecule has 3 rings (SSSR count). The van der Waals surface area contributed by atoms with Crippen LogP contribution in [0.25, 0.3) is 0 Å². The summed E-state index contributed by atoms with van der Waals surface area (Å²) >= 11 is 0. The molecule has 1 saturated heterocycles. The fourth-order valence-electron chi connectivity index (χ4n) is 4.14. The Kier molecular flexibility index (Phi) is 6.32. The van der Waals surface area contributed by atoms with Gasteiger partial charge in [0.05, 0.1) is 4.90 Å². The number of sulfonamides is 1. The van der Waals surface area contributed by atoms with E-state index in [2.05, 4.69) is 5.32 Å². The standard InChI is InChI=1S/C19H29N3O3S/c20-13-16-5-4-8-18(16)19(23)21-14-15-9-11-22(12-10-15)26(24,25)17-6-2-1-3-7-17/h1-3,6-7,15-16,18H,4-5,8-14,20H2,(H,21,23)/t16-,18-/m1/s1. The van der Waals surface area contributed by atoms with E-state index < -0.39 is 10.0 Å². The molecule has 1 aliphatic carbocycles. The molecule has 1 amide bonds. The van der Waals surface area contributed by atoms with Gasteiger partial charge < -0.3 is 11.1 Å².